The predicted molar refractivity (Wildman–Crippen MR) is 143 cm³/mol. The van der Waals surface area contributed by atoms with E-state index in [0.29, 0.717) is 5.69 Å². The molecule has 1 aliphatic heterocycles. The summed E-state index contributed by atoms with van der Waals surface area (Å²) in [7, 11) is 0. The molecule has 2 aromatic heterocycles. The van der Waals surface area contributed by atoms with Crippen LogP contribution in [-0.4, -0.2) is 32.2 Å². The topological polar surface area (TPSA) is 89.1 Å². The molecule has 0 spiro atoms. The van der Waals surface area contributed by atoms with Crippen LogP contribution >= 0.6 is 0 Å². The van der Waals surface area contributed by atoms with Gasteiger partial charge in [-0.1, -0.05) is 50.2 Å². The monoisotopic (exact) mass is 480 g/mol. The molecule has 7 heteroatoms. The van der Waals surface area contributed by atoms with E-state index in [1.54, 1.807) is 0 Å². The molecule has 3 N–H and O–H groups in total. The number of primary amides is 1. The number of fused-ring (bicyclic) bond motifs is 1. The number of hydrogen-bond acceptors (Lipinski definition) is 4. The number of anilines is 1. The summed E-state index contributed by atoms with van der Waals surface area (Å²) >= 11 is 0. The van der Waals surface area contributed by atoms with Crippen molar-refractivity contribution in [3.05, 3.63) is 94.9 Å². The van der Waals surface area contributed by atoms with Gasteiger partial charge in [-0.3, -0.25) is 9.88 Å². The molecule has 0 atom stereocenters. The van der Waals surface area contributed by atoms with Crippen LogP contribution in [0.15, 0.2) is 66.9 Å². The zero-order valence-corrected chi connectivity index (χ0v) is 20.9. The molecule has 0 fully saturated rings. The fourth-order valence-corrected chi connectivity index (χ4v) is 5.08. The number of aromatic nitrogens is 3. The highest BCUT2D eigenvalue weighted by Gasteiger charge is 2.27. The Balaban J connectivity index is 1.62. The maximum Gasteiger partial charge on any atom is 0.316 e. The first-order valence-electron chi connectivity index (χ1n) is 12.6. The fourth-order valence-electron chi connectivity index (χ4n) is 5.08. The van der Waals surface area contributed by atoms with Gasteiger partial charge in [-0.15, -0.1) is 0 Å². The second kappa shape index (κ2) is 10.3. The van der Waals surface area contributed by atoms with Gasteiger partial charge >= 0.3 is 6.03 Å². The number of hydrogen-bond donors (Lipinski definition) is 2. The Kier molecular flexibility index (Phi) is 6.82. The zero-order chi connectivity index (χ0) is 25.1. The molecule has 0 unspecified atom stereocenters. The molecule has 4 aromatic rings. The average Bonchev–Trinajstić information content (AvgIpc) is 3.27. The molecule has 7 nitrogen and oxygen atoms in total. The van der Waals surface area contributed by atoms with Crippen molar-refractivity contribution in [2.24, 2.45) is 5.73 Å². The number of nitrogens with one attached hydrogen (secondary N) is 1. The Bertz CT molecular complexity index is 1340. The van der Waals surface area contributed by atoms with Crippen LogP contribution in [0.1, 0.15) is 41.9 Å². The average molecular weight is 481 g/mol. The summed E-state index contributed by atoms with van der Waals surface area (Å²) < 4.78 is 2.17. The van der Waals surface area contributed by atoms with Crippen LogP contribution in [0.5, 0.6) is 0 Å². The first-order valence-corrected chi connectivity index (χ1v) is 12.6. The lowest BCUT2D eigenvalue weighted by molar-refractivity contribution is 0.242. The van der Waals surface area contributed by atoms with E-state index < -0.39 is 6.03 Å². The van der Waals surface area contributed by atoms with E-state index in [9.17, 15) is 4.79 Å². The first-order chi connectivity index (χ1) is 17.6. The summed E-state index contributed by atoms with van der Waals surface area (Å²) in [6.07, 6.45) is 4.60. The van der Waals surface area contributed by atoms with Gasteiger partial charge in [0.25, 0.3) is 0 Å². The van der Waals surface area contributed by atoms with Crippen LogP contribution in [0.4, 0.5) is 10.5 Å². The van der Waals surface area contributed by atoms with Crippen molar-refractivity contribution in [2.75, 3.05) is 11.9 Å². The Morgan fingerprint density at radius 3 is 2.39 bits per heavy atom. The highest BCUT2D eigenvalue weighted by Crippen LogP contribution is 2.35. The normalized spacial score (nSPS) is 13.4. The zero-order valence-electron chi connectivity index (χ0n) is 20.9. The summed E-state index contributed by atoms with van der Waals surface area (Å²) in [5, 5.41) is 7.87. The van der Waals surface area contributed by atoms with Gasteiger partial charge < -0.3 is 11.1 Å². The lowest BCUT2D eigenvalue weighted by Gasteiger charge is -2.26. The molecule has 0 radical (unpaired) electrons. The minimum atomic E-state index is -0.570. The maximum atomic E-state index is 11.3. The molecule has 0 bridgehead atoms. The molecule has 1 aliphatic rings. The SMILES string of the molecule is CCc1cccc(CC)c1-n1nc2c(c1-c1ccc(NC(N)=O)cc1)CN(Cc1ccccn1)CC2. The molecule has 184 valence electrons. The molecule has 0 aliphatic carbocycles. The van der Waals surface area contributed by atoms with Crippen molar-refractivity contribution in [3.63, 3.8) is 0 Å². The molecule has 0 saturated heterocycles. The Hall–Kier alpha value is -3.97. The standard InChI is InChI=1S/C29H32N6O/c1-3-20-8-7-9-21(4-2)27(20)35-28(22-11-13-23(14-12-22)32-29(30)36)25-19-34(17-15-26(25)33-35)18-24-10-5-6-16-31-24/h5-14,16H,3-4,15,17-19H2,1-2H3,(H3,30,32,36). The van der Waals surface area contributed by atoms with Crippen LogP contribution in [0, 0.1) is 0 Å². The smallest absolute Gasteiger partial charge is 0.316 e. The van der Waals surface area contributed by atoms with Gasteiger partial charge in [-0.25, -0.2) is 9.48 Å². The molecule has 2 amide bonds. The van der Waals surface area contributed by atoms with Crippen LogP contribution in [0.25, 0.3) is 16.9 Å². The molecular weight excluding hydrogens is 448 g/mol. The number of para-hydroxylation sites is 1. The van der Waals surface area contributed by atoms with E-state index in [1.807, 2.05) is 42.6 Å². The largest absolute Gasteiger partial charge is 0.351 e. The molecule has 5 rings (SSSR count). The van der Waals surface area contributed by atoms with E-state index in [1.165, 1.54) is 22.4 Å². The molecule has 36 heavy (non-hydrogen) atoms. The second-order valence-corrected chi connectivity index (χ2v) is 9.17. The van der Waals surface area contributed by atoms with Gasteiger partial charge in [0.15, 0.2) is 0 Å². The minimum Gasteiger partial charge on any atom is -0.351 e. The number of nitrogens with two attached hydrogens (primary N) is 1. The number of pyridine rings is 1. The predicted octanol–water partition coefficient (Wildman–Crippen LogP) is 5.11. The van der Waals surface area contributed by atoms with E-state index in [4.69, 9.17) is 10.8 Å². The van der Waals surface area contributed by atoms with Gasteiger partial charge in [0.1, 0.15) is 0 Å². The van der Waals surface area contributed by atoms with Crippen LogP contribution in [-0.2, 0) is 32.4 Å². The van der Waals surface area contributed by atoms with Crippen LogP contribution in [0.2, 0.25) is 0 Å². The van der Waals surface area contributed by atoms with Gasteiger partial charge in [0.05, 0.1) is 22.8 Å². The van der Waals surface area contributed by atoms with Crippen LogP contribution < -0.4 is 11.1 Å². The summed E-state index contributed by atoms with van der Waals surface area (Å²) in [5.74, 6) is 0. The molecule has 3 heterocycles. The summed E-state index contributed by atoms with van der Waals surface area (Å²) in [5.41, 5.74) is 15.4. The van der Waals surface area contributed by atoms with Crippen molar-refractivity contribution >= 4 is 11.7 Å². The molecule has 0 saturated carbocycles. The van der Waals surface area contributed by atoms with Crippen molar-refractivity contribution in [3.8, 4) is 16.9 Å². The van der Waals surface area contributed by atoms with E-state index in [-0.39, 0.29) is 0 Å². The maximum absolute atomic E-state index is 11.3. The van der Waals surface area contributed by atoms with Crippen molar-refractivity contribution in [2.45, 2.75) is 46.2 Å². The first kappa shape index (κ1) is 23.8. The van der Waals surface area contributed by atoms with Crippen molar-refractivity contribution in [1.29, 1.82) is 0 Å². The third kappa shape index (κ3) is 4.75. The lowest BCUT2D eigenvalue weighted by atomic mass is 9.99. The number of carbonyl (C=O) groups is 1. The number of carbonyl (C=O) groups excluding carboxylic acids is 1. The Morgan fingerprint density at radius 2 is 1.75 bits per heavy atom. The molecule has 2 aromatic carbocycles. The quantitative estimate of drug-likeness (QED) is 0.385. The van der Waals surface area contributed by atoms with Gasteiger partial charge in [0.2, 0.25) is 0 Å². The van der Waals surface area contributed by atoms with Crippen molar-refractivity contribution in [1.82, 2.24) is 19.7 Å². The highest BCUT2D eigenvalue weighted by atomic mass is 16.2. The summed E-state index contributed by atoms with van der Waals surface area (Å²) in [6.45, 7) is 6.94. The van der Waals surface area contributed by atoms with Crippen molar-refractivity contribution < 1.29 is 4.79 Å². The Morgan fingerprint density at radius 1 is 1.00 bits per heavy atom. The van der Waals surface area contributed by atoms with Gasteiger partial charge in [-0.05, 0) is 48.2 Å². The number of rotatable bonds is 7. The minimum absolute atomic E-state index is 0.570. The summed E-state index contributed by atoms with van der Waals surface area (Å²) in [6, 6.07) is 19.9. The molecular formula is C29H32N6O. The highest BCUT2D eigenvalue weighted by molar-refractivity contribution is 5.88. The third-order valence-corrected chi connectivity index (χ3v) is 6.83. The third-order valence-electron chi connectivity index (χ3n) is 6.83. The van der Waals surface area contributed by atoms with Crippen LogP contribution in [0.3, 0.4) is 0 Å². The lowest BCUT2D eigenvalue weighted by Crippen LogP contribution is -2.30. The number of amides is 2. The fraction of sp³-hybridized carbons (Fsp3) is 0.276. The van der Waals surface area contributed by atoms with Gasteiger partial charge in [0, 0.05) is 49.1 Å². The number of benzene rings is 2. The second-order valence-electron chi connectivity index (χ2n) is 9.17. The van der Waals surface area contributed by atoms with E-state index in [2.05, 4.69) is 58.0 Å². The number of urea groups is 1. The van der Waals surface area contributed by atoms with Gasteiger partial charge in [-0.2, -0.15) is 5.10 Å². The van der Waals surface area contributed by atoms with E-state index in [0.717, 1.165) is 61.5 Å². The van der Waals surface area contributed by atoms with E-state index >= 15 is 0 Å². The Labute approximate surface area is 212 Å². The number of nitrogens with zero attached hydrogens (tertiary/aromatic N) is 4. The summed E-state index contributed by atoms with van der Waals surface area (Å²) in [4.78, 5) is 18.3. The number of aryl methyl sites for hydroxylation is 2.